The van der Waals surface area contributed by atoms with Gasteiger partial charge in [0.05, 0.1) is 5.56 Å². The molecule has 0 radical (unpaired) electrons. The molecule has 3 atom stereocenters. The maximum absolute atomic E-state index is 12.6. The number of amides is 1. The third kappa shape index (κ3) is 3.07. The average molecular weight is 366 g/mol. The molecule has 134 valence electrons. The molecule has 0 saturated carbocycles. The van der Waals surface area contributed by atoms with Crippen LogP contribution in [0.3, 0.4) is 0 Å². The van der Waals surface area contributed by atoms with Gasteiger partial charge in [0.2, 0.25) is 0 Å². The van der Waals surface area contributed by atoms with E-state index in [2.05, 4.69) is 0 Å². The molecule has 2 rings (SSSR count). The van der Waals surface area contributed by atoms with Crippen molar-refractivity contribution in [3.8, 4) is 0 Å². The summed E-state index contributed by atoms with van der Waals surface area (Å²) in [7, 11) is 0. The first-order valence-corrected chi connectivity index (χ1v) is 8.28. The van der Waals surface area contributed by atoms with E-state index >= 15 is 0 Å². The summed E-state index contributed by atoms with van der Waals surface area (Å²) >= 11 is -2.08. The van der Waals surface area contributed by atoms with Gasteiger partial charge in [0.1, 0.15) is 18.2 Å². The Morgan fingerprint density at radius 2 is 1.83 bits per heavy atom. The number of alkyl halides is 3. The number of halogens is 3. The fraction of sp³-hybridized carbons (Fsp3) is 0.533. The summed E-state index contributed by atoms with van der Waals surface area (Å²) < 4.78 is 54.5. The standard InChI is InChI=1S/C15H18F3NO4S/c1-14(2,3)19(13(20)21)12(9-23-24(19)22)8-10-4-6-11(7-5-10)15(16,17)18/h4-7,12H,8-9H2,1-3H3/p+1. The summed E-state index contributed by atoms with van der Waals surface area (Å²) in [6.07, 6.45) is -5.56. The van der Waals surface area contributed by atoms with Crippen molar-refractivity contribution in [3.05, 3.63) is 35.4 Å². The molecule has 1 fully saturated rings. The molecule has 0 aliphatic carbocycles. The van der Waals surface area contributed by atoms with Crippen LogP contribution in [0.1, 0.15) is 31.9 Å². The van der Waals surface area contributed by atoms with Gasteiger partial charge in [-0.2, -0.15) is 22.2 Å². The van der Waals surface area contributed by atoms with Crippen LogP contribution >= 0.6 is 0 Å². The minimum Gasteiger partial charge on any atom is -0.435 e. The molecule has 1 N–H and O–H groups in total. The van der Waals surface area contributed by atoms with Crippen molar-refractivity contribution >= 4 is 17.4 Å². The Kier molecular flexibility index (Phi) is 4.82. The summed E-state index contributed by atoms with van der Waals surface area (Å²) in [4.78, 5) is 11.9. The number of quaternary nitrogens is 1. The molecule has 0 spiro atoms. The van der Waals surface area contributed by atoms with Crippen molar-refractivity contribution in [1.29, 1.82) is 0 Å². The quantitative estimate of drug-likeness (QED) is 0.814. The molecular formula is C15H19F3NO4S+. The lowest BCUT2D eigenvalue weighted by molar-refractivity contribution is -0.799. The van der Waals surface area contributed by atoms with Gasteiger partial charge in [-0.25, -0.2) is 4.18 Å². The molecule has 1 aromatic rings. The molecule has 1 aliphatic rings. The number of nitrogens with zero attached hydrogens (tertiary/aromatic N) is 1. The molecular weight excluding hydrogens is 347 g/mol. The monoisotopic (exact) mass is 366 g/mol. The highest BCUT2D eigenvalue weighted by Crippen LogP contribution is 2.39. The Morgan fingerprint density at radius 3 is 2.25 bits per heavy atom. The van der Waals surface area contributed by atoms with Crippen LogP contribution < -0.4 is 0 Å². The van der Waals surface area contributed by atoms with Gasteiger partial charge in [0.15, 0.2) is 0 Å². The van der Waals surface area contributed by atoms with E-state index in [4.69, 9.17) is 4.18 Å². The average Bonchev–Trinajstić information content (AvgIpc) is 2.75. The molecule has 1 heterocycles. The van der Waals surface area contributed by atoms with Gasteiger partial charge >= 0.3 is 23.5 Å². The SMILES string of the molecule is CC(C)(C)[N+]1(C(=O)O)C(Cc2ccc(C(F)(F)F)cc2)COS1=O. The van der Waals surface area contributed by atoms with Crippen molar-refractivity contribution in [2.75, 3.05) is 6.61 Å². The third-order valence-electron chi connectivity index (χ3n) is 4.14. The number of rotatable bonds is 2. The number of hydrogen-bond acceptors (Lipinski definition) is 3. The number of carboxylic acid groups (broad SMARTS) is 1. The van der Waals surface area contributed by atoms with Crippen molar-refractivity contribution in [2.45, 2.75) is 44.9 Å². The van der Waals surface area contributed by atoms with Crippen LogP contribution in [0.25, 0.3) is 0 Å². The van der Waals surface area contributed by atoms with Crippen LogP contribution in [0.4, 0.5) is 18.0 Å². The van der Waals surface area contributed by atoms with Crippen molar-refractivity contribution < 1.29 is 35.4 Å². The second-order valence-electron chi connectivity index (χ2n) is 6.67. The van der Waals surface area contributed by atoms with E-state index in [-0.39, 0.29) is 13.0 Å². The lowest BCUT2D eigenvalue weighted by atomic mass is 9.98. The van der Waals surface area contributed by atoms with Gasteiger partial charge in [-0.15, -0.1) is 3.89 Å². The zero-order chi connectivity index (χ0) is 18.3. The molecule has 3 unspecified atom stereocenters. The Hall–Kier alpha value is -1.45. The lowest BCUT2D eigenvalue weighted by Crippen LogP contribution is -2.66. The topological polar surface area (TPSA) is 63.6 Å². The van der Waals surface area contributed by atoms with Gasteiger partial charge in [-0.3, -0.25) is 0 Å². The summed E-state index contributed by atoms with van der Waals surface area (Å²) in [6, 6.07) is 3.86. The van der Waals surface area contributed by atoms with Crippen LogP contribution in [0.5, 0.6) is 0 Å². The summed E-state index contributed by atoms with van der Waals surface area (Å²) in [5.41, 5.74) is -1.15. The Bertz CT molecular complexity index is 654. The van der Waals surface area contributed by atoms with Gasteiger partial charge in [-0.1, -0.05) is 12.1 Å². The predicted octanol–water partition coefficient (Wildman–Crippen LogP) is 3.52. The second kappa shape index (κ2) is 6.12. The van der Waals surface area contributed by atoms with Gasteiger partial charge < -0.3 is 5.11 Å². The highest BCUT2D eigenvalue weighted by Gasteiger charge is 2.64. The number of hydrogen-bond donors (Lipinski definition) is 1. The van der Waals surface area contributed by atoms with Crippen molar-refractivity contribution in [2.24, 2.45) is 0 Å². The highest BCUT2D eigenvalue weighted by atomic mass is 32.2. The maximum atomic E-state index is 12.6. The van der Waals surface area contributed by atoms with Gasteiger partial charge in [0, 0.05) is 6.42 Å². The van der Waals surface area contributed by atoms with E-state index in [1.54, 1.807) is 20.8 Å². The maximum Gasteiger partial charge on any atom is 0.530 e. The summed E-state index contributed by atoms with van der Waals surface area (Å²) in [5, 5.41) is 9.72. The van der Waals surface area contributed by atoms with Crippen LogP contribution in [-0.4, -0.2) is 37.5 Å². The number of carbonyl (C=O) groups is 1. The Balaban J connectivity index is 2.34. The highest BCUT2D eigenvalue weighted by molar-refractivity contribution is 7.74. The van der Waals surface area contributed by atoms with Gasteiger partial charge in [0.25, 0.3) is 0 Å². The molecule has 9 heteroatoms. The minimum absolute atomic E-state index is 0.0444. The van der Waals surface area contributed by atoms with Crippen LogP contribution in [-0.2, 0) is 28.0 Å². The first-order chi connectivity index (χ1) is 10.9. The van der Waals surface area contributed by atoms with E-state index in [1.165, 1.54) is 12.1 Å². The molecule has 1 aromatic carbocycles. The smallest absolute Gasteiger partial charge is 0.435 e. The molecule has 1 saturated heterocycles. The normalized spacial score (nSPS) is 28.1. The fourth-order valence-electron chi connectivity index (χ4n) is 3.01. The van der Waals surface area contributed by atoms with E-state index in [1.807, 2.05) is 0 Å². The van der Waals surface area contributed by atoms with E-state index < -0.39 is 44.6 Å². The Labute approximate surface area is 140 Å². The van der Waals surface area contributed by atoms with E-state index in [9.17, 15) is 27.3 Å². The van der Waals surface area contributed by atoms with E-state index in [0.29, 0.717) is 5.56 Å². The molecule has 0 aromatic heterocycles. The van der Waals surface area contributed by atoms with Crippen LogP contribution in [0.15, 0.2) is 24.3 Å². The zero-order valence-corrected chi connectivity index (χ0v) is 14.3. The predicted molar refractivity (Wildman–Crippen MR) is 81.1 cm³/mol. The van der Waals surface area contributed by atoms with E-state index in [0.717, 1.165) is 12.1 Å². The van der Waals surface area contributed by atoms with Crippen LogP contribution in [0, 0.1) is 0 Å². The minimum atomic E-state index is -4.43. The first kappa shape index (κ1) is 18.9. The molecule has 24 heavy (non-hydrogen) atoms. The van der Waals surface area contributed by atoms with Gasteiger partial charge in [-0.05, 0) is 38.5 Å². The van der Waals surface area contributed by atoms with Crippen molar-refractivity contribution in [3.63, 3.8) is 0 Å². The third-order valence-corrected chi connectivity index (χ3v) is 5.95. The summed E-state index contributed by atoms with van der Waals surface area (Å²) in [5.74, 6) is 0. The Morgan fingerprint density at radius 1 is 1.29 bits per heavy atom. The summed E-state index contributed by atoms with van der Waals surface area (Å²) in [6.45, 7) is 4.89. The molecule has 1 aliphatic heterocycles. The second-order valence-corrected chi connectivity index (χ2v) is 7.91. The van der Waals surface area contributed by atoms with Crippen LogP contribution in [0.2, 0.25) is 0 Å². The molecule has 1 amide bonds. The fourth-order valence-corrected chi connectivity index (χ4v) is 4.41. The zero-order valence-electron chi connectivity index (χ0n) is 13.5. The first-order valence-electron chi connectivity index (χ1n) is 7.25. The largest absolute Gasteiger partial charge is 0.530 e. The lowest BCUT2D eigenvalue weighted by Gasteiger charge is -2.39. The molecule has 0 bridgehead atoms. The number of benzene rings is 1. The molecule has 5 nitrogen and oxygen atoms in total. The van der Waals surface area contributed by atoms with Crippen molar-refractivity contribution in [1.82, 2.24) is 0 Å².